The SMILES string of the molecule is CN=C(NCCOc1ccc(C)cc1)NCc1nccn1C(F)F. The largest absolute Gasteiger partial charge is 0.492 e. The maximum Gasteiger partial charge on any atom is 0.319 e. The van der Waals surface area contributed by atoms with E-state index in [2.05, 4.69) is 20.6 Å². The molecule has 8 heteroatoms. The van der Waals surface area contributed by atoms with Crippen molar-refractivity contribution in [2.24, 2.45) is 4.99 Å². The number of benzene rings is 1. The van der Waals surface area contributed by atoms with Crippen molar-refractivity contribution in [1.29, 1.82) is 0 Å². The fourth-order valence-corrected chi connectivity index (χ4v) is 2.01. The first-order chi connectivity index (χ1) is 11.6. The topological polar surface area (TPSA) is 63.5 Å². The summed E-state index contributed by atoms with van der Waals surface area (Å²) >= 11 is 0. The molecule has 6 nitrogen and oxygen atoms in total. The molecule has 0 spiro atoms. The summed E-state index contributed by atoms with van der Waals surface area (Å²) in [7, 11) is 1.61. The molecule has 0 fully saturated rings. The minimum Gasteiger partial charge on any atom is -0.492 e. The summed E-state index contributed by atoms with van der Waals surface area (Å²) < 4.78 is 31.9. The van der Waals surface area contributed by atoms with Crippen LogP contribution < -0.4 is 15.4 Å². The second kappa shape index (κ2) is 8.85. The third-order valence-electron chi connectivity index (χ3n) is 3.28. The molecule has 0 radical (unpaired) electrons. The Morgan fingerprint density at radius 1 is 1.29 bits per heavy atom. The van der Waals surface area contributed by atoms with Crippen LogP contribution in [-0.4, -0.2) is 35.7 Å². The molecule has 1 aromatic heterocycles. The highest BCUT2D eigenvalue weighted by molar-refractivity contribution is 5.79. The van der Waals surface area contributed by atoms with Gasteiger partial charge in [0.25, 0.3) is 0 Å². The Labute approximate surface area is 139 Å². The summed E-state index contributed by atoms with van der Waals surface area (Å²) in [6, 6.07) is 7.78. The highest BCUT2D eigenvalue weighted by Gasteiger charge is 2.11. The van der Waals surface area contributed by atoms with Gasteiger partial charge < -0.3 is 15.4 Å². The van der Waals surface area contributed by atoms with E-state index in [0.717, 1.165) is 10.3 Å². The maximum atomic E-state index is 12.7. The van der Waals surface area contributed by atoms with Crippen molar-refractivity contribution in [3.8, 4) is 5.75 Å². The summed E-state index contributed by atoms with van der Waals surface area (Å²) in [6.45, 7) is 0.532. The van der Waals surface area contributed by atoms with Crippen molar-refractivity contribution in [3.63, 3.8) is 0 Å². The van der Waals surface area contributed by atoms with Crippen LogP contribution in [0.4, 0.5) is 8.78 Å². The lowest BCUT2D eigenvalue weighted by Gasteiger charge is -2.13. The molecule has 0 bridgehead atoms. The van der Waals surface area contributed by atoms with Crippen LogP contribution in [0.25, 0.3) is 0 Å². The first kappa shape index (κ1) is 17.7. The van der Waals surface area contributed by atoms with E-state index in [1.54, 1.807) is 7.05 Å². The smallest absolute Gasteiger partial charge is 0.319 e. The Morgan fingerprint density at radius 3 is 2.71 bits per heavy atom. The third kappa shape index (κ3) is 5.22. The summed E-state index contributed by atoms with van der Waals surface area (Å²) in [6.07, 6.45) is 2.59. The van der Waals surface area contributed by atoms with E-state index in [0.29, 0.717) is 19.1 Å². The molecule has 0 unspecified atom stereocenters. The molecule has 1 aromatic carbocycles. The van der Waals surface area contributed by atoms with Gasteiger partial charge in [-0.25, -0.2) is 4.98 Å². The average molecular weight is 337 g/mol. The lowest BCUT2D eigenvalue weighted by Crippen LogP contribution is -2.39. The van der Waals surface area contributed by atoms with Crippen LogP contribution >= 0.6 is 0 Å². The normalized spacial score (nSPS) is 11.6. The van der Waals surface area contributed by atoms with Crippen LogP contribution in [0.15, 0.2) is 41.7 Å². The van der Waals surface area contributed by atoms with Gasteiger partial charge in [0.2, 0.25) is 0 Å². The van der Waals surface area contributed by atoms with Gasteiger partial charge in [-0.1, -0.05) is 17.7 Å². The van der Waals surface area contributed by atoms with Crippen LogP contribution in [0, 0.1) is 6.92 Å². The zero-order chi connectivity index (χ0) is 17.4. The van der Waals surface area contributed by atoms with Crippen LogP contribution in [-0.2, 0) is 6.54 Å². The number of nitrogens with zero attached hydrogens (tertiary/aromatic N) is 3. The van der Waals surface area contributed by atoms with Crippen LogP contribution in [0.5, 0.6) is 5.75 Å². The van der Waals surface area contributed by atoms with Crippen LogP contribution in [0.1, 0.15) is 17.9 Å². The van der Waals surface area contributed by atoms with E-state index in [1.807, 2.05) is 31.2 Å². The number of guanidine groups is 1. The van der Waals surface area contributed by atoms with Gasteiger partial charge in [0.1, 0.15) is 18.2 Å². The zero-order valence-corrected chi connectivity index (χ0v) is 13.7. The minimum atomic E-state index is -2.61. The monoisotopic (exact) mass is 337 g/mol. The molecule has 24 heavy (non-hydrogen) atoms. The number of imidazole rings is 1. The number of aryl methyl sites for hydroxylation is 1. The molecule has 2 aromatic rings. The Hall–Kier alpha value is -2.64. The first-order valence-corrected chi connectivity index (χ1v) is 7.54. The van der Waals surface area contributed by atoms with Gasteiger partial charge in [-0.05, 0) is 19.1 Å². The number of aliphatic imine (C=N–C) groups is 1. The molecule has 0 aliphatic heterocycles. The van der Waals surface area contributed by atoms with Crippen LogP contribution in [0.2, 0.25) is 0 Å². The number of rotatable bonds is 7. The van der Waals surface area contributed by atoms with Gasteiger partial charge in [-0.3, -0.25) is 9.56 Å². The summed E-state index contributed by atoms with van der Waals surface area (Å²) in [5.41, 5.74) is 1.17. The van der Waals surface area contributed by atoms with Gasteiger partial charge >= 0.3 is 6.55 Å². The standard InChI is InChI=1S/C16H21F2N5O/c1-12-3-5-13(6-4-12)24-10-8-21-16(19-2)22-11-14-20-7-9-23(14)15(17)18/h3-7,9,15H,8,10-11H2,1-2H3,(H2,19,21,22). The Bertz CT molecular complexity index is 655. The van der Waals surface area contributed by atoms with Crippen LogP contribution in [0.3, 0.4) is 0 Å². The zero-order valence-electron chi connectivity index (χ0n) is 13.7. The number of hydrogen-bond donors (Lipinski definition) is 2. The maximum absolute atomic E-state index is 12.7. The molecule has 2 rings (SSSR count). The van der Waals surface area contributed by atoms with Crippen molar-refractivity contribution in [2.75, 3.05) is 20.2 Å². The molecule has 0 aliphatic carbocycles. The number of ether oxygens (including phenoxy) is 1. The van der Waals surface area contributed by atoms with Crippen molar-refractivity contribution in [3.05, 3.63) is 48.0 Å². The van der Waals surface area contributed by atoms with Crippen molar-refractivity contribution >= 4 is 5.96 Å². The molecule has 130 valence electrons. The van der Waals surface area contributed by atoms with Crippen molar-refractivity contribution in [2.45, 2.75) is 20.0 Å². The molecule has 0 aliphatic rings. The third-order valence-corrected chi connectivity index (χ3v) is 3.28. The van der Waals surface area contributed by atoms with E-state index in [-0.39, 0.29) is 12.4 Å². The first-order valence-electron chi connectivity index (χ1n) is 7.54. The molecule has 1 heterocycles. The van der Waals surface area contributed by atoms with Crippen molar-refractivity contribution < 1.29 is 13.5 Å². The number of halogens is 2. The lowest BCUT2D eigenvalue weighted by atomic mass is 10.2. The second-order valence-electron chi connectivity index (χ2n) is 5.04. The molecule has 0 saturated carbocycles. The molecule has 2 N–H and O–H groups in total. The Morgan fingerprint density at radius 2 is 2.04 bits per heavy atom. The lowest BCUT2D eigenvalue weighted by molar-refractivity contribution is 0.0668. The van der Waals surface area contributed by atoms with Gasteiger partial charge in [-0.2, -0.15) is 8.78 Å². The summed E-state index contributed by atoms with van der Waals surface area (Å²) in [5.74, 6) is 1.53. The minimum absolute atomic E-state index is 0.149. The number of hydrogen-bond acceptors (Lipinski definition) is 3. The summed E-state index contributed by atoms with van der Waals surface area (Å²) in [4.78, 5) is 7.93. The van der Waals surface area contributed by atoms with E-state index >= 15 is 0 Å². The van der Waals surface area contributed by atoms with E-state index in [1.165, 1.54) is 18.0 Å². The Kier molecular flexibility index (Phi) is 6.53. The quantitative estimate of drug-likeness (QED) is 0.462. The average Bonchev–Trinajstić information content (AvgIpc) is 3.04. The predicted octanol–water partition coefficient (Wildman–Crippen LogP) is 2.33. The van der Waals surface area contributed by atoms with Gasteiger partial charge in [-0.15, -0.1) is 0 Å². The molecule has 0 atom stereocenters. The Balaban J connectivity index is 1.72. The van der Waals surface area contributed by atoms with Gasteiger partial charge in [0, 0.05) is 19.4 Å². The molecular formula is C16H21F2N5O. The second-order valence-corrected chi connectivity index (χ2v) is 5.04. The van der Waals surface area contributed by atoms with E-state index in [4.69, 9.17) is 4.74 Å². The molecule has 0 saturated heterocycles. The van der Waals surface area contributed by atoms with Gasteiger partial charge in [0.05, 0.1) is 13.1 Å². The van der Waals surface area contributed by atoms with Crippen molar-refractivity contribution in [1.82, 2.24) is 20.2 Å². The highest BCUT2D eigenvalue weighted by atomic mass is 19.3. The number of aromatic nitrogens is 2. The van der Waals surface area contributed by atoms with Gasteiger partial charge in [0.15, 0.2) is 5.96 Å². The van der Waals surface area contributed by atoms with E-state index < -0.39 is 6.55 Å². The molecule has 0 amide bonds. The number of nitrogens with one attached hydrogen (secondary N) is 2. The number of alkyl halides is 2. The highest BCUT2D eigenvalue weighted by Crippen LogP contribution is 2.12. The predicted molar refractivity (Wildman–Crippen MR) is 88.4 cm³/mol. The fourth-order valence-electron chi connectivity index (χ4n) is 2.01. The van der Waals surface area contributed by atoms with E-state index in [9.17, 15) is 8.78 Å². The fraction of sp³-hybridized carbons (Fsp3) is 0.375. The molecular weight excluding hydrogens is 316 g/mol. The summed E-state index contributed by atoms with van der Waals surface area (Å²) in [5, 5.41) is 5.99.